The largest absolute Gasteiger partial charge is 0.478 e. The van der Waals surface area contributed by atoms with E-state index in [-0.39, 0.29) is 17.5 Å². The molecular weight excluding hydrogens is 476 g/mol. The number of nitrogens with zero attached hydrogens (tertiary/aromatic N) is 1. The molecule has 192 valence electrons. The molecule has 2 heterocycles. The van der Waals surface area contributed by atoms with Crippen molar-refractivity contribution in [1.29, 1.82) is 0 Å². The van der Waals surface area contributed by atoms with Crippen LogP contribution in [-0.2, 0) is 12.8 Å². The summed E-state index contributed by atoms with van der Waals surface area (Å²) < 4.78 is 0. The molecule has 1 aromatic heterocycles. The molecule has 0 fully saturated rings. The predicted molar refractivity (Wildman–Crippen MR) is 149 cm³/mol. The predicted octanol–water partition coefficient (Wildman–Crippen LogP) is 5.19. The topological polar surface area (TPSA) is 103 Å². The zero-order valence-electron chi connectivity index (χ0n) is 20.9. The molecule has 1 aliphatic rings. The van der Waals surface area contributed by atoms with E-state index in [1.165, 1.54) is 17.7 Å². The van der Waals surface area contributed by atoms with Crippen LogP contribution in [0.15, 0.2) is 97.2 Å². The molecule has 4 N–H and O–H groups in total. The second-order valence-corrected chi connectivity index (χ2v) is 9.47. The molecule has 7 heteroatoms. The Kier molecular flexibility index (Phi) is 7.75. The van der Waals surface area contributed by atoms with Gasteiger partial charge in [-0.1, -0.05) is 42.5 Å². The van der Waals surface area contributed by atoms with Crippen LogP contribution in [0, 0.1) is 5.92 Å². The Hall–Kier alpha value is -4.49. The van der Waals surface area contributed by atoms with Crippen LogP contribution in [0.2, 0.25) is 0 Å². The first-order valence-corrected chi connectivity index (χ1v) is 12.8. The van der Waals surface area contributed by atoms with Crippen LogP contribution in [0.5, 0.6) is 0 Å². The van der Waals surface area contributed by atoms with Gasteiger partial charge in [0.25, 0.3) is 5.91 Å². The number of carboxylic acid groups (broad SMARTS) is 1. The summed E-state index contributed by atoms with van der Waals surface area (Å²) >= 11 is 0. The van der Waals surface area contributed by atoms with Crippen molar-refractivity contribution in [3.05, 3.63) is 125 Å². The molecule has 3 aromatic carbocycles. The lowest BCUT2D eigenvalue weighted by Gasteiger charge is -2.33. The molecule has 0 spiro atoms. The van der Waals surface area contributed by atoms with Crippen LogP contribution in [-0.4, -0.2) is 35.1 Å². The van der Waals surface area contributed by atoms with Gasteiger partial charge in [0.1, 0.15) is 0 Å². The van der Waals surface area contributed by atoms with Gasteiger partial charge in [0.2, 0.25) is 0 Å². The number of nitrogens with one attached hydrogen (secondary N) is 3. The average molecular weight is 507 g/mol. The van der Waals surface area contributed by atoms with Crippen molar-refractivity contribution >= 4 is 23.3 Å². The van der Waals surface area contributed by atoms with Gasteiger partial charge < -0.3 is 21.1 Å². The highest BCUT2D eigenvalue weighted by Gasteiger charge is 2.27. The highest BCUT2D eigenvalue weighted by molar-refractivity contribution is 6.04. The van der Waals surface area contributed by atoms with Crippen LogP contribution in [0.4, 0.5) is 11.4 Å². The normalized spacial score (nSPS) is 15.1. The number of fused-ring (bicyclic) bond motifs is 1. The maximum atomic E-state index is 12.6. The fourth-order valence-electron chi connectivity index (χ4n) is 4.87. The molecule has 0 saturated heterocycles. The summed E-state index contributed by atoms with van der Waals surface area (Å²) in [6.07, 6.45) is 3.60. The third-order valence-electron chi connectivity index (χ3n) is 6.91. The highest BCUT2D eigenvalue weighted by atomic mass is 16.4. The number of hydrogen-bond donors (Lipinski definition) is 4. The molecule has 4 aromatic rings. The first-order chi connectivity index (χ1) is 18.6. The average Bonchev–Trinajstić information content (AvgIpc) is 2.96. The second-order valence-electron chi connectivity index (χ2n) is 9.47. The van der Waals surface area contributed by atoms with Gasteiger partial charge in [0.15, 0.2) is 0 Å². The van der Waals surface area contributed by atoms with E-state index in [0.717, 1.165) is 42.9 Å². The van der Waals surface area contributed by atoms with Gasteiger partial charge >= 0.3 is 5.97 Å². The van der Waals surface area contributed by atoms with E-state index in [1.807, 2.05) is 42.6 Å². The fourth-order valence-corrected chi connectivity index (χ4v) is 4.87. The SMILES string of the molecule is O=C(O)c1ccc(NC(=O)c2ccc(CCN[C@H](c3ccccc3)[C@H]3CNc4cccnc4C3)cc2)cc1. The van der Waals surface area contributed by atoms with Crippen molar-refractivity contribution < 1.29 is 14.7 Å². The summed E-state index contributed by atoms with van der Waals surface area (Å²) in [6.45, 7) is 1.68. The minimum atomic E-state index is -0.999. The number of rotatable bonds is 9. The summed E-state index contributed by atoms with van der Waals surface area (Å²) in [5.41, 5.74) is 5.91. The summed E-state index contributed by atoms with van der Waals surface area (Å²) in [5.74, 6) is -0.864. The molecule has 0 saturated carbocycles. The molecule has 1 aliphatic heterocycles. The molecule has 7 nitrogen and oxygen atoms in total. The molecule has 38 heavy (non-hydrogen) atoms. The van der Waals surface area contributed by atoms with Gasteiger partial charge in [-0.05, 0) is 79.0 Å². The molecular formula is C31H30N4O3. The molecule has 5 rings (SSSR count). The van der Waals surface area contributed by atoms with Crippen LogP contribution >= 0.6 is 0 Å². The van der Waals surface area contributed by atoms with Crippen molar-refractivity contribution in [2.24, 2.45) is 5.92 Å². The standard InChI is InChI=1S/C31H30N4O3/c36-30(35-26-14-12-24(13-15-26)31(37)38)23-10-8-21(9-11-23)16-18-33-29(22-5-2-1-3-6-22)25-19-28-27(34-20-25)7-4-17-32-28/h1-15,17,25,29,33-34H,16,18-20H2,(H,35,36)(H,37,38)/t25-,29-/m1/s1. The molecule has 2 atom stereocenters. The van der Waals surface area contributed by atoms with Crippen molar-refractivity contribution in [3.8, 4) is 0 Å². The number of aromatic nitrogens is 1. The van der Waals surface area contributed by atoms with Crippen LogP contribution < -0.4 is 16.0 Å². The number of carbonyl (C=O) groups excluding carboxylic acids is 1. The summed E-state index contributed by atoms with van der Waals surface area (Å²) in [7, 11) is 0. The van der Waals surface area contributed by atoms with Crippen LogP contribution in [0.3, 0.4) is 0 Å². The molecule has 0 unspecified atom stereocenters. The molecule has 1 amide bonds. The summed E-state index contributed by atoms with van der Waals surface area (Å²) in [5, 5.41) is 19.1. The van der Waals surface area contributed by atoms with Gasteiger partial charge in [-0.15, -0.1) is 0 Å². The van der Waals surface area contributed by atoms with Gasteiger partial charge in [0, 0.05) is 36.0 Å². The lowest BCUT2D eigenvalue weighted by Crippen LogP contribution is -2.37. The first-order valence-electron chi connectivity index (χ1n) is 12.8. The molecule has 0 aliphatic carbocycles. The van der Waals surface area contributed by atoms with Crippen LogP contribution in [0.1, 0.15) is 43.6 Å². The first kappa shape index (κ1) is 25.2. The number of pyridine rings is 1. The lowest BCUT2D eigenvalue weighted by molar-refractivity contribution is 0.0696. The van der Waals surface area contributed by atoms with Crippen molar-refractivity contribution in [1.82, 2.24) is 10.3 Å². The zero-order chi connectivity index (χ0) is 26.3. The fraction of sp³-hybridized carbons (Fsp3) is 0.194. The number of aromatic carboxylic acids is 1. The van der Waals surface area contributed by atoms with Gasteiger partial charge in [0.05, 0.1) is 16.9 Å². The van der Waals surface area contributed by atoms with E-state index >= 15 is 0 Å². The minimum absolute atomic E-state index is 0.177. The number of hydrogen-bond acceptors (Lipinski definition) is 5. The third kappa shape index (κ3) is 6.07. The Morgan fingerprint density at radius 1 is 0.921 bits per heavy atom. The minimum Gasteiger partial charge on any atom is -0.478 e. The maximum absolute atomic E-state index is 12.6. The Labute approximate surface area is 222 Å². The Morgan fingerprint density at radius 2 is 1.66 bits per heavy atom. The zero-order valence-corrected chi connectivity index (χ0v) is 20.9. The van der Waals surface area contributed by atoms with E-state index in [0.29, 0.717) is 17.2 Å². The summed E-state index contributed by atoms with van der Waals surface area (Å²) in [6, 6.07) is 28.5. The quantitative estimate of drug-likeness (QED) is 0.249. The number of carboxylic acids is 1. The lowest BCUT2D eigenvalue weighted by atomic mass is 9.86. The highest BCUT2D eigenvalue weighted by Crippen LogP contribution is 2.31. The van der Waals surface area contributed by atoms with E-state index in [4.69, 9.17) is 5.11 Å². The Bertz CT molecular complexity index is 1390. The third-order valence-corrected chi connectivity index (χ3v) is 6.91. The van der Waals surface area contributed by atoms with E-state index in [9.17, 15) is 9.59 Å². The van der Waals surface area contributed by atoms with Gasteiger partial charge in [-0.3, -0.25) is 9.78 Å². The second kappa shape index (κ2) is 11.7. The maximum Gasteiger partial charge on any atom is 0.335 e. The molecule has 0 bridgehead atoms. The van der Waals surface area contributed by atoms with Gasteiger partial charge in [-0.25, -0.2) is 4.79 Å². The number of benzene rings is 3. The summed E-state index contributed by atoms with van der Waals surface area (Å²) in [4.78, 5) is 28.2. The smallest absolute Gasteiger partial charge is 0.335 e. The molecule has 0 radical (unpaired) electrons. The van der Waals surface area contributed by atoms with Gasteiger partial charge in [-0.2, -0.15) is 0 Å². The van der Waals surface area contributed by atoms with Crippen LogP contribution in [0.25, 0.3) is 0 Å². The van der Waals surface area contributed by atoms with Crippen molar-refractivity contribution in [2.45, 2.75) is 18.9 Å². The number of amides is 1. The monoisotopic (exact) mass is 506 g/mol. The van der Waals surface area contributed by atoms with Crippen molar-refractivity contribution in [3.63, 3.8) is 0 Å². The van der Waals surface area contributed by atoms with E-state index in [1.54, 1.807) is 12.1 Å². The Balaban J connectivity index is 1.19. The number of anilines is 2. The van der Waals surface area contributed by atoms with E-state index in [2.05, 4.69) is 51.3 Å². The Morgan fingerprint density at radius 3 is 2.39 bits per heavy atom. The van der Waals surface area contributed by atoms with E-state index < -0.39 is 5.97 Å². The van der Waals surface area contributed by atoms with Crippen molar-refractivity contribution in [2.75, 3.05) is 23.7 Å². The number of carbonyl (C=O) groups is 2.